The molecule has 0 saturated carbocycles. The van der Waals surface area contributed by atoms with E-state index < -0.39 is 0 Å². The van der Waals surface area contributed by atoms with E-state index in [1.165, 1.54) is 5.56 Å². The molecule has 2 heterocycles. The van der Waals surface area contributed by atoms with Gasteiger partial charge in [0.2, 0.25) is 5.91 Å². The van der Waals surface area contributed by atoms with E-state index in [9.17, 15) is 4.79 Å². The molecule has 0 aliphatic carbocycles. The lowest BCUT2D eigenvalue weighted by molar-refractivity contribution is -0.129. The second-order valence-electron chi connectivity index (χ2n) is 7.30. The van der Waals surface area contributed by atoms with Gasteiger partial charge in [0.15, 0.2) is 0 Å². The van der Waals surface area contributed by atoms with E-state index in [2.05, 4.69) is 43.0 Å². The van der Waals surface area contributed by atoms with Gasteiger partial charge in [-0.25, -0.2) is 0 Å². The molecule has 0 radical (unpaired) electrons. The Labute approximate surface area is 155 Å². The van der Waals surface area contributed by atoms with Crippen molar-refractivity contribution < 1.29 is 9.53 Å². The lowest BCUT2D eigenvalue weighted by Gasteiger charge is -2.29. The van der Waals surface area contributed by atoms with Gasteiger partial charge in [-0.15, -0.1) is 0 Å². The molecule has 0 spiro atoms. The Balaban J connectivity index is 1.65. The van der Waals surface area contributed by atoms with Crippen LogP contribution in [0.4, 0.5) is 0 Å². The summed E-state index contributed by atoms with van der Waals surface area (Å²) in [5.41, 5.74) is 2.40. The van der Waals surface area contributed by atoms with Gasteiger partial charge in [-0.05, 0) is 48.1 Å². The highest BCUT2D eigenvalue weighted by Gasteiger charge is 2.29. The summed E-state index contributed by atoms with van der Waals surface area (Å²) in [5.74, 6) is 2.85. The van der Waals surface area contributed by atoms with Crippen molar-refractivity contribution in [1.82, 2.24) is 4.90 Å². The van der Waals surface area contributed by atoms with Crippen LogP contribution < -0.4 is 0 Å². The molecular weight excluding hydrogens is 330 g/mol. The van der Waals surface area contributed by atoms with Crippen molar-refractivity contribution in [3.05, 3.63) is 41.5 Å². The summed E-state index contributed by atoms with van der Waals surface area (Å²) in [6.07, 6.45) is 7.18. The van der Waals surface area contributed by atoms with Crippen molar-refractivity contribution in [2.24, 2.45) is 0 Å². The maximum absolute atomic E-state index is 12.8. The first-order valence-electron chi connectivity index (χ1n) is 9.41. The molecule has 2 atom stereocenters. The minimum atomic E-state index is 0.121. The number of ether oxygens (including phenoxy) is 1. The third-order valence-corrected chi connectivity index (χ3v) is 6.22. The standard InChI is InChI=1S/C21H29NO2S/c1-16(2)18-8-5-17(6-9-18)7-10-21(23)22(19-11-13-25-15-19)14-20-4-3-12-24-20/h5-10,16,19-20H,3-4,11-15H2,1-2H3/b10-7+. The number of nitrogens with zero attached hydrogens (tertiary/aromatic N) is 1. The van der Waals surface area contributed by atoms with E-state index in [1.807, 2.05) is 17.8 Å². The summed E-state index contributed by atoms with van der Waals surface area (Å²) in [6, 6.07) is 8.83. The Morgan fingerprint density at radius 1 is 1.32 bits per heavy atom. The summed E-state index contributed by atoms with van der Waals surface area (Å²) in [5, 5.41) is 0. The highest BCUT2D eigenvalue weighted by molar-refractivity contribution is 7.99. The van der Waals surface area contributed by atoms with Crippen LogP contribution in [0.15, 0.2) is 30.3 Å². The summed E-state index contributed by atoms with van der Waals surface area (Å²) in [6.45, 7) is 5.96. The highest BCUT2D eigenvalue weighted by Crippen LogP contribution is 2.25. The monoisotopic (exact) mass is 359 g/mol. The van der Waals surface area contributed by atoms with Crippen LogP contribution in [0, 0.1) is 0 Å². The number of hydrogen-bond donors (Lipinski definition) is 0. The topological polar surface area (TPSA) is 29.5 Å². The zero-order valence-corrected chi connectivity index (χ0v) is 16.1. The molecule has 1 aromatic rings. The van der Waals surface area contributed by atoms with Crippen molar-refractivity contribution in [3.8, 4) is 0 Å². The Kier molecular flexibility index (Phi) is 6.60. The zero-order chi connectivity index (χ0) is 17.6. The lowest BCUT2D eigenvalue weighted by atomic mass is 10.0. The molecule has 4 heteroatoms. The van der Waals surface area contributed by atoms with Gasteiger partial charge in [0.1, 0.15) is 0 Å². The zero-order valence-electron chi connectivity index (χ0n) is 15.3. The van der Waals surface area contributed by atoms with Crippen LogP contribution in [0.3, 0.4) is 0 Å². The quantitative estimate of drug-likeness (QED) is 0.708. The van der Waals surface area contributed by atoms with Gasteiger partial charge in [-0.2, -0.15) is 11.8 Å². The number of carbonyl (C=O) groups excluding carboxylic acids is 1. The van der Waals surface area contributed by atoms with Gasteiger partial charge in [0.05, 0.1) is 6.10 Å². The second kappa shape index (κ2) is 8.91. The third-order valence-electron chi connectivity index (χ3n) is 5.08. The average molecular weight is 360 g/mol. The van der Waals surface area contributed by atoms with Crippen LogP contribution in [0.1, 0.15) is 50.2 Å². The van der Waals surface area contributed by atoms with E-state index in [4.69, 9.17) is 4.74 Å². The molecular formula is C21H29NO2S. The van der Waals surface area contributed by atoms with Gasteiger partial charge in [0.25, 0.3) is 0 Å². The lowest BCUT2D eigenvalue weighted by Crippen LogP contribution is -2.43. The Bertz CT molecular complexity index is 584. The molecule has 2 fully saturated rings. The van der Waals surface area contributed by atoms with Crippen molar-refractivity contribution in [2.45, 2.75) is 51.2 Å². The number of hydrogen-bond acceptors (Lipinski definition) is 3. The average Bonchev–Trinajstić information content (AvgIpc) is 3.31. The van der Waals surface area contributed by atoms with Crippen LogP contribution in [-0.2, 0) is 9.53 Å². The molecule has 25 heavy (non-hydrogen) atoms. The van der Waals surface area contributed by atoms with Crippen molar-refractivity contribution >= 4 is 23.7 Å². The Morgan fingerprint density at radius 2 is 2.12 bits per heavy atom. The first kappa shape index (κ1) is 18.5. The summed E-state index contributed by atoms with van der Waals surface area (Å²) in [7, 11) is 0. The van der Waals surface area contributed by atoms with E-state index in [0.717, 1.165) is 49.5 Å². The van der Waals surface area contributed by atoms with E-state index in [-0.39, 0.29) is 12.0 Å². The van der Waals surface area contributed by atoms with Crippen molar-refractivity contribution in [3.63, 3.8) is 0 Å². The number of rotatable bonds is 6. The Hall–Kier alpha value is -1.26. The summed E-state index contributed by atoms with van der Waals surface area (Å²) >= 11 is 1.95. The fourth-order valence-electron chi connectivity index (χ4n) is 3.45. The van der Waals surface area contributed by atoms with E-state index >= 15 is 0 Å². The van der Waals surface area contributed by atoms with E-state index in [1.54, 1.807) is 6.08 Å². The molecule has 2 aliphatic heterocycles. The minimum absolute atomic E-state index is 0.121. The molecule has 0 bridgehead atoms. The predicted molar refractivity (Wildman–Crippen MR) is 106 cm³/mol. The van der Waals surface area contributed by atoms with Gasteiger partial charge < -0.3 is 9.64 Å². The SMILES string of the molecule is CC(C)c1ccc(/C=C/C(=O)N(CC2CCCO2)C2CCSC2)cc1. The first-order chi connectivity index (χ1) is 12.1. The number of thioether (sulfide) groups is 1. The number of amides is 1. The molecule has 3 rings (SSSR count). The number of benzene rings is 1. The largest absolute Gasteiger partial charge is 0.376 e. The fraction of sp³-hybridized carbons (Fsp3) is 0.571. The maximum atomic E-state index is 12.8. The van der Waals surface area contributed by atoms with Crippen LogP contribution >= 0.6 is 11.8 Å². The van der Waals surface area contributed by atoms with Crippen LogP contribution in [-0.4, -0.2) is 47.6 Å². The smallest absolute Gasteiger partial charge is 0.246 e. The molecule has 136 valence electrons. The number of carbonyl (C=O) groups is 1. The van der Waals surface area contributed by atoms with E-state index in [0.29, 0.717) is 12.0 Å². The normalized spacial score (nSPS) is 23.6. The predicted octanol–water partition coefficient (Wildman–Crippen LogP) is 4.34. The molecule has 2 saturated heterocycles. The first-order valence-corrected chi connectivity index (χ1v) is 10.6. The minimum Gasteiger partial charge on any atom is -0.376 e. The maximum Gasteiger partial charge on any atom is 0.246 e. The van der Waals surface area contributed by atoms with Gasteiger partial charge >= 0.3 is 0 Å². The fourth-order valence-corrected chi connectivity index (χ4v) is 4.67. The highest BCUT2D eigenvalue weighted by atomic mass is 32.2. The van der Waals surface area contributed by atoms with Crippen LogP contribution in [0.2, 0.25) is 0 Å². The van der Waals surface area contributed by atoms with Crippen LogP contribution in [0.5, 0.6) is 0 Å². The van der Waals surface area contributed by atoms with Crippen molar-refractivity contribution in [1.29, 1.82) is 0 Å². The third kappa shape index (κ3) is 5.11. The molecule has 3 nitrogen and oxygen atoms in total. The van der Waals surface area contributed by atoms with Crippen molar-refractivity contribution in [2.75, 3.05) is 24.7 Å². The second-order valence-corrected chi connectivity index (χ2v) is 8.45. The molecule has 1 amide bonds. The summed E-state index contributed by atoms with van der Waals surface area (Å²) in [4.78, 5) is 14.9. The van der Waals surface area contributed by atoms with Gasteiger partial charge in [0, 0.05) is 31.0 Å². The van der Waals surface area contributed by atoms with Gasteiger partial charge in [-0.1, -0.05) is 38.1 Å². The van der Waals surface area contributed by atoms with Gasteiger partial charge in [-0.3, -0.25) is 4.79 Å². The molecule has 2 aliphatic rings. The Morgan fingerprint density at radius 3 is 2.72 bits per heavy atom. The molecule has 1 aromatic carbocycles. The summed E-state index contributed by atoms with van der Waals surface area (Å²) < 4.78 is 5.77. The molecule has 0 aromatic heterocycles. The molecule has 2 unspecified atom stereocenters. The molecule has 0 N–H and O–H groups in total. The van der Waals surface area contributed by atoms with Crippen LogP contribution in [0.25, 0.3) is 6.08 Å².